The van der Waals surface area contributed by atoms with Crippen LogP contribution in [-0.4, -0.2) is 35.8 Å². The van der Waals surface area contributed by atoms with Crippen molar-refractivity contribution in [1.29, 1.82) is 0 Å². The molecule has 0 aliphatic heterocycles. The smallest absolute Gasteiger partial charge is 0.280 e. The van der Waals surface area contributed by atoms with Crippen LogP contribution in [0.15, 0.2) is 78.9 Å². The van der Waals surface area contributed by atoms with Crippen molar-refractivity contribution in [1.82, 2.24) is 9.78 Å². The van der Waals surface area contributed by atoms with Crippen molar-refractivity contribution in [3.8, 4) is 22.8 Å². The molecule has 7 nitrogen and oxygen atoms in total. The Bertz CT molecular complexity index is 1280. The maximum Gasteiger partial charge on any atom is 0.280 e. The fraction of sp³-hybridized carbons (Fsp3) is 0.0800. The van der Waals surface area contributed by atoms with Crippen molar-refractivity contribution in [2.75, 3.05) is 19.5 Å². The van der Waals surface area contributed by atoms with E-state index in [1.54, 1.807) is 93.1 Å². The van der Waals surface area contributed by atoms with Crippen molar-refractivity contribution >= 4 is 29.2 Å². The highest BCUT2D eigenvalue weighted by atomic mass is 35.5. The van der Waals surface area contributed by atoms with Crippen LogP contribution >= 0.6 is 11.6 Å². The first-order valence-corrected chi connectivity index (χ1v) is 10.4. The predicted molar refractivity (Wildman–Crippen MR) is 126 cm³/mol. The van der Waals surface area contributed by atoms with Crippen molar-refractivity contribution in [2.24, 2.45) is 0 Å². The summed E-state index contributed by atoms with van der Waals surface area (Å²) in [6.07, 6.45) is 0. The Hall–Kier alpha value is -4.10. The van der Waals surface area contributed by atoms with Crippen LogP contribution in [-0.2, 0) is 0 Å². The summed E-state index contributed by atoms with van der Waals surface area (Å²) in [6, 6.07) is 22.0. The fourth-order valence-corrected chi connectivity index (χ4v) is 3.30. The summed E-state index contributed by atoms with van der Waals surface area (Å²) in [5.41, 5.74) is 2.06. The molecule has 0 saturated heterocycles. The number of carbonyl (C=O) groups excluding carboxylic acids is 2. The van der Waals surface area contributed by atoms with Crippen LogP contribution in [0.2, 0.25) is 5.02 Å². The van der Waals surface area contributed by atoms with Gasteiger partial charge in [0.25, 0.3) is 11.8 Å². The average molecular weight is 462 g/mol. The quantitative estimate of drug-likeness (QED) is 0.428. The van der Waals surface area contributed by atoms with E-state index in [1.807, 2.05) is 0 Å². The molecular formula is C25H20ClN3O4. The van der Waals surface area contributed by atoms with Gasteiger partial charge in [0, 0.05) is 27.8 Å². The molecule has 0 fully saturated rings. The topological polar surface area (TPSA) is 82.5 Å². The van der Waals surface area contributed by atoms with Crippen LogP contribution in [0.4, 0.5) is 5.82 Å². The molecule has 4 rings (SSSR count). The van der Waals surface area contributed by atoms with Gasteiger partial charge in [-0.2, -0.15) is 9.78 Å². The van der Waals surface area contributed by atoms with Crippen LogP contribution < -0.4 is 14.8 Å². The molecule has 1 amide bonds. The first kappa shape index (κ1) is 22.1. The molecule has 0 unspecified atom stereocenters. The molecular weight excluding hydrogens is 442 g/mol. The van der Waals surface area contributed by atoms with Gasteiger partial charge in [-0.1, -0.05) is 23.7 Å². The Kier molecular flexibility index (Phi) is 6.42. The molecule has 33 heavy (non-hydrogen) atoms. The highest BCUT2D eigenvalue weighted by Gasteiger charge is 2.19. The Morgan fingerprint density at radius 2 is 1.36 bits per heavy atom. The highest BCUT2D eigenvalue weighted by Crippen LogP contribution is 2.25. The van der Waals surface area contributed by atoms with Gasteiger partial charge in [0.1, 0.15) is 17.3 Å². The standard InChI is InChI=1S/C25H20ClN3O4/c1-32-20-11-5-17(6-12-20)24(30)27-23-15-22(16-3-9-19(26)10-4-16)28-29(23)25(31)18-7-13-21(33-2)14-8-18/h3-15H,1-2H3,(H,27,30). The van der Waals surface area contributed by atoms with Crippen LogP contribution in [0.25, 0.3) is 11.3 Å². The fourth-order valence-electron chi connectivity index (χ4n) is 3.17. The number of carbonyl (C=O) groups is 2. The third-order valence-corrected chi connectivity index (χ3v) is 5.22. The van der Waals surface area contributed by atoms with Gasteiger partial charge in [-0.25, -0.2) is 0 Å². The number of anilines is 1. The number of nitrogens with one attached hydrogen (secondary N) is 1. The van der Waals surface area contributed by atoms with E-state index in [1.165, 1.54) is 4.68 Å². The van der Waals surface area contributed by atoms with E-state index in [-0.39, 0.29) is 11.7 Å². The Morgan fingerprint density at radius 1 is 0.818 bits per heavy atom. The third kappa shape index (κ3) is 4.88. The lowest BCUT2D eigenvalue weighted by atomic mass is 10.1. The Balaban J connectivity index is 1.70. The molecule has 0 aliphatic carbocycles. The largest absolute Gasteiger partial charge is 0.497 e. The van der Waals surface area contributed by atoms with E-state index < -0.39 is 5.91 Å². The Labute approximate surface area is 195 Å². The molecule has 0 radical (unpaired) electrons. The molecule has 1 aromatic heterocycles. The summed E-state index contributed by atoms with van der Waals surface area (Å²) in [5, 5.41) is 7.83. The van der Waals surface area contributed by atoms with Crippen molar-refractivity contribution < 1.29 is 19.1 Å². The van der Waals surface area contributed by atoms with Gasteiger partial charge in [-0.15, -0.1) is 0 Å². The maximum absolute atomic E-state index is 13.2. The van der Waals surface area contributed by atoms with E-state index in [0.717, 1.165) is 5.56 Å². The van der Waals surface area contributed by atoms with Crippen LogP contribution in [0.3, 0.4) is 0 Å². The second kappa shape index (κ2) is 9.58. The number of ether oxygens (including phenoxy) is 2. The lowest BCUT2D eigenvalue weighted by Gasteiger charge is -2.09. The summed E-state index contributed by atoms with van der Waals surface area (Å²) in [7, 11) is 3.10. The molecule has 1 N–H and O–H groups in total. The minimum atomic E-state index is -0.400. The molecule has 0 aliphatic rings. The second-order valence-corrected chi connectivity index (χ2v) is 7.49. The van der Waals surface area contributed by atoms with Crippen LogP contribution in [0.5, 0.6) is 11.5 Å². The minimum Gasteiger partial charge on any atom is -0.497 e. The SMILES string of the molecule is COc1ccc(C(=O)Nc2cc(-c3ccc(Cl)cc3)nn2C(=O)c2ccc(OC)cc2)cc1. The first-order chi connectivity index (χ1) is 16.0. The number of nitrogens with zero attached hydrogens (tertiary/aromatic N) is 2. The van der Waals surface area contributed by atoms with E-state index in [2.05, 4.69) is 10.4 Å². The molecule has 4 aromatic rings. The maximum atomic E-state index is 13.2. The number of halogens is 1. The summed E-state index contributed by atoms with van der Waals surface area (Å²) >= 11 is 5.99. The van der Waals surface area contributed by atoms with E-state index in [9.17, 15) is 9.59 Å². The second-order valence-electron chi connectivity index (χ2n) is 7.05. The first-order valence-electron chi connectivity index (χ1n) is 9.98. The average Bonchev–Trinajstić information content (AvgIpc) is 3.27. The summed E-state index contributed by atoms with van der Waals surface area (Å²) in [4.78, 5) is 26.1. The number of amides is 1. The monoisotopic (exact) mass is 461 g/mol. The molecule has 0 saturated carbocycles. The molecule has 0 spiro atoms. The number of methoxy groups -OCH3 is 2. The predicted octanol–water partition coefficient (Wildman–Crippen LogP) is 5.16. The molecule has 3 aromatic carbocycles. The normalized spacial score (nSPS) is 10.5. The molecule has 8 heteroatoms. The van der Waals surface area contributed by atoms with Gasteiger partial charge in [-0.05, 0) is 60.7 Å². The van der Waals surface area contributed by atoms with Crippen molar-refractivity contribution in [2.45, 2.75) is 0 Å². The van der Waals surface area contributed by atoms with Crippen molar-refractivity contribution in [3.63, 3.8) is 0 Å². The van der Waals surface area contributed by atoms with Gasteiger partial charge < -0.3 is 14.8 Å². The number of benzene rings is 3. The number of aromatic nitrogens is 2. The van der Waals surface area contributed by atoms with Gasteiger partial charge in [0.05, 0.1) is 19.9 Å². The van der Waals surface area contributed by atoms with Crippen LogP contribution in [0.1, 0.15) is 20.7 Å². The van der Waals surface area contributed by atoms with Gasteiger partial charge in [-0.3, -0.25) is 9.59 Å². The minimum absolute atomic E-state index is 0.238. The van der Waals surface area contributed by atoms with Gasteiger partial charge in [0.15, 0.2) is 0 Å². The van der Waals surface area contributed by atoms with E-state index in [0.29, 0.717) is 33.3 Å². The van der Waals surface area contributed by atoms with Crippen LogP contribution in [0, 0.1) is 0 Å². The lowest BCUT2D eigenvalue weighted by Crippen LogP contribution is -2.20. The van der Waals surface area contributed by atoms with E-state index in [4.69, 9.17) is 21.1 Å². The highest BCUT2D eigenvalue weighted by molar-refractivity contribution is 6.30. The number of hydrogen-bond acceptors (Lipinski definition) is 5. The third-order valence-electron chi connectivity index (χ3n) is 4.97. The zero-order valence-electron chi connectivity index (χ0n) is 17.9. The zero-order valence-corrected chi connectivity index (χ0v) is 18.7. The molecule has 0 atom stereocenters. The van der Waals surface area contributed by atoms with Crippen molar-refractivity contribution in [3.05, 3.63) is 95.0 Å². The van der Waals surface area contributed by atoms with Gasteiger partial charge >= 0.3 is 0 Å². The summed E-state index contributed by atoms with van der Waals surface area (Å²) in [5.74, 6) is 0.715. The summed E-state index contributed by atoms with van der Waals surface area (Å²) in [6.45, 7) is 0. The number of rotatable bonds is 6. The lowest BCUT2D eigenvalue weighted by molar-refractivity contribution is 0.0947. The molecule has 166 valence electrons. The van der Waals surface area contributed by atoms with E-state index >= 15 is 0 Å². The zero-order chi connectivity index (χ0) is 23.4. The van der Waals surface area contributed by atoms with Gasteiger partial charge in [0.2, 0.25) is 0 Å². The molecule has 1 heterocycles. The molecule has 0 bridgehead atoms. The summed E-state index contributed by atoms with van der Waals surface area (Å²) < 4.78 is 11.5. The Morgan fingerprint density at radius 3 is 1.91 bits per heavy atom. The number of hydrogen-bond donors (Lipinski definition) is 1.